The van der Waals surface area contributed by atoms with Gasteiger partial charge in [0.25, 0.3) is 0 Å². The molecule has 2 N–H and O–H groups in total. The Balaban J connectivity index is 2.00. The molecule has 1 aromatic rings. The fraction of sp³-hybridized carbons (Fsp3) is 0.500. The van der Waals surface area contributed by atoms with Gasteiger partial charge in [-0.05, 0) is 13.3 Å². The van der Waals surface area contributed by atoms with Gasteiger partial charge in [0.05, 0.1) is 0 Å². The second-order valence-corrected chi connectivity index (χ2v) is 3.87. The van der Waals surface area contributed by atoms with Crippen molar-refractivity contribution in [3.8, 4) is 5.88 Å². The first-order valence-electron chi connectivity index (χ1n) is 5.16. The van der Waals surface area contributed by atoms with Crippen LogP contribution in [0.25, 0.3) is 0 Å². The van der Waals surface area contributed by atoms with Gasteiger partial charge in [0.1, 0.15) is 6.33 Å². The van der Waals surface area contributed by atoms with E-state index in [9.17, 15) is 4.79 Å². The van der Waals surface area contributed by atoms with Crippen molar-refractivity contribution in [1.82, 2.24) is 14.9 Å². The number of ether oxygens (including phenoxy) is 1. The first kappa shape index (κ1) is 10.8. The molecule has 0 bridgehead atoms. The van der Waals surface area contributed by atoms with E-state index < -0.39 is 6.09 Å². The number of aryl methyl sites for hydroxylation is 1. The van der Waals surface area contributed by atoms with Crippen LogP contribution in [0.1, 0.15) is 12.0 Å². The van der Waals surface area contributed by atoms with Crippen LogP contribution in [0, 0.1) is 6.92 Å². The number of carbonyl (C=O) groups is 1. The van der Waals surface area contributed by atoms with Crippen LogP contribution in [0.4, 0.5) is 4.79 Å². The summed E-state index contributed by atoms with van der Waals surface area (Å²) in [5, 5.41) is 0. The van der Waals surface area contributed by atoms with Crippen molar-refractivity contribution in [3.63, 3.8) is 0 Å². The van der Waals surface area contributed by atoms with Crippen LogP contribution in [0.5, 0.6) is 5.88 Å². The maximum atomic E-state index is 11.7. The topological polar surface area (TPSA) is 81.3 Å². The predicted molar refractivity (Wildman–Crippen MR) is 57.0 cm³/mol. The third-order valence-corrected chi connectivity index (χ3v) is 2.51. The van der Waals surface area contributed by atoms with E-state index in [2.05, 4.69) is 9.97 Å². The van der Waals surface area contributed by atoms with Crippen LogP contribution in [0.3, 0.4) is 0 Å². The minimum absolute atomic E-state index is 0.0547. The molecule has 1 unspecified atom stereocenters. The summed E-state index contributed by atoms with van der Waals surface area (Å²) in [6.45, 7) is 2.98. The van der Waals surface area contributed by atoms with Gasteiger partial charge in [0.2, 0.25) is 5.88 Å². The van der Waals surface area contributed by atoms with Gasteiger partial charge in [-0.1, -0.05) is 0 Å². The molecule has 1 aromatic heterocycles. The first-order chi connectivity index (χ1) is 7.66. The Hall–Kier alpha value is -1.69. The number of nitrogens with zero attached hydrogens (tertiary/aromatic N) is 3. The molecular weight excluding hydrogens is 208 g/mol. The Morgan fingerprint density at radius 3 is 3.12 bits per heavy atom. The van der Waals surface area contributed by atoms with Gasteiger partial charge < -0.3 is 15.4 Å². The molecule has 1 aliphatic heterocycles. The number of likely N-dealkylation sites (tertiary alicyclic amines) is 1. The normalized spacial score (nSPS) is 19.9. The molecule has 1 saturated heterocycles. The maximum absolute atomic E-state index is 11.7. The van der Waals surface area contributed by atoms with Gasteiger partial charge in [-0.3, -0.25) is 0 Å². The number of hydrogen-bond donors (Lipinski definition) is 1. The third kappa shape index (κ3) is 2.27. The number of aromatic nitrogens is 2. The van der Waals surface area contributed by atoms with Crippen molar-refractivity contribution in [2.45, 2.75) is 19.4 Å². The van der Waals surface area contributed by atoms with E-state index >= 15 is 0 Å². The van der Waals surface area contributed by atoms with Crippen LogP contribution >= 0.6 is 0 Å². The van der Waals surface area contributed by atoms with Crippen LogP contribution in [-0.2, 0) is 0 Å². The minimum Gasteiger partial charge on any atom is -0.391 e. The summed E-state index contributed by atoms with van der Waals surface area (Å²) in [4.78, 5) is 21.0. The highest BCUT2D eigenvalue weighted by Crippen LogP contribution is 2.14. The number of carbonyl (C=O) groups excluding carboxylic acids is 1. The van der Waals surface area contributed by atoms with Crippen LogP contribution in [0.15, 0.2) is 12.5 Å². The largest absolute Gasteiger partial charge is 0.416 e. The Labute approximate surface area is 93.4 Å². The molecule has 6 nitrogen and oxygen atoms in total. The SMILES string of the molecule is Cc1cncnc1OC(=O)N1CCC(N)C1. The van der Waals surface area contributed by atoms with Crippen molar-refractivity contribution >= 4 is 6.09 Å². The fourth-order valence-electron chi connectivity index (χ4n) is 1.60. The Bertz CT molecular complexity index is 396. The number of hydrogen-bond acceptors (Lipinski definition) is 5. The summed E-state index contributed by atoms with van der Waals surface area (Å²) in [6, 6.07) is 0.0547. The second kappa shape index (κ2) is 4.44. The van der Waals surface area contributed by atoms with Gasteiger partial charge in [-0.2, -0.15) is 0 Å². The zero-order valence-electron chi connectivity index (χ0n) is 9.09. The smallest absolute Gasteiger partial charge is 0.391 e. The highest BCUT2D eigenvalue weighted by atomic mass is 16.6. The lowest BCUT2D eigenvalue weighted by atomic mass is 10.3. The van der Waals surface area contributed by atoms with Crippen LogP contribution < -0.4 is 10.5 Å². The predicted octanol–water partition coefficient (Wildman–Crippen LogP) is 0.317. The molecule has 2 heterocycles. The van der Waals surface area contributed by atoms with Crippen molar-refractivity contribution in [1.29, 1.82) is 0 Å². The van der Waals surface area contributed by atoms with Crippen molar-refractivity contribution in [3.05, 3.63) is 18.1 Å². The molecule has 6 heteroatoms. The lowest BCUT2D eigenvalue weighted by Gasteiger charge is -2.15. The number of rotatable bonds is 1. The molecule has 1 fully saturated rings. The van der Waals surface area contributed by atoms with E-state index in [0.29, 0.717) is 19.0 Å². The summed E-state index contributed by atoms with van der Waals surface area (Å²) < 4.78 is 5.16. The highest BCUT2D eigenvalue weighted by molar-refractivity contribution is 5.70. The van der Waals surface area contributed by atoms with Crippen LogP contribution in [0.2, 0.25) is 0 Å². The minimum atomic E-state index is -0.394. The molecule has 16 heavy (non-hydrogen) atoms. The van der Waals surface area contributed by atoms with Gasteiger partial charge in [0.15, 0.2) is 0 Å². The molecule has 1 aliphatic rings. The molecular formula is C10H14N4O2. The van der Waals surface area contributed by atoms with E-state index in [-0.39, 0.29) is 6.04 Å². The average molecular weight is 222 g/mol. The Morgan fingerprint density at radius 1 is 1.69 bits per heavy atom. The van der Waals surface area contributed by atoms with Gasteiger partial charge in [0, 0.05) is 30.9 Å². The molecule has 0 radical (unpaired) electrons. The summed E-state index contributed by atoms with van der Waals surface area (Å²) in [7, 11) is 0. The van der Waals surface area contributed by atoms with Gasteiger partial charge in [-0.25, -0.2) is 14.8 Å². The van der Waals surface area contributed by atoms with E-state index in [4.69, 9.17) is 10.5 Å². The summed E-state index contributed by atoms with van der Waals surface area (Å²) in [5.74, 6) is 0.306. The molecule has 1 amide bonds. The standard InChI is InChI=1S/C10H14N4O2/c1-7-4-12-6-13-9(7)16-10(15)14-3-2-8(11)5-14/h4,6,8H,2-3,5,11H2,1H3. The van der Waals surface area contributed by atoms with Crippen LogP contribution in [-0.4, -0.2) is 40.1 Å². The summed E-state index contributed by atoms with van der Waals surface area (Å²) in [6.07, 6.45) is 3.38. The molecule has 2 rings (SSSR count). The average Bonchev–Trinajstić information content (AvgIpc) is 2.68. The van der Waals surface area contributed by atoms with E-state index in [1.165, 1.54) is 6.33 Å². The van der Waals surface area contributed by atoms with Crippen molar-refractivity contribution in [2.24, 2.45) is 5.73 Å². The van der Waals surface area contributed by atoms with E-state index in [0.717, 1.165) is 12.0 Å². The zero-order chi connectivity index (χ0) is 11.5. The quantitative estimate of drug-likeness (QED) is 0.739. The van der Waals surface area contributed by atoms with Gasteiger partial charge in [-0.15, -0.1) is 0 Å². The lowest BCUT2D eigenvalue weighted by Crippen LogP contribution is -2.34. The molecule has 0 saturated carbocycles. The summed E-state index contributed by atoms with van der Waals surface area (Å²) in [5.41, 5.74) is 6.45. The molecule has 86 valence electrons. The molecule has 0 aliphatic carbocycles. The highest BCUT2D eigenvalue weighted by Gasteiger charge is 2.25. The molecule has 0 spiro atoms. The van der Waals surface area contributed by atoms with E-state index in [1.54, 1.807) is 18.0 Å². The van der Waals surface area contributed by atoms with Gasteiger partial charge >= 0.3 is 6.09 Å². The van der Waals surface area contributed by atoms with Crippen molar-refractivity contribution < 1.29 is 9.53 Å². The summed E-state index contributed by atoms with van der Waals surface area (Å²) >= 11 is 0. The third-order valence-electron chi connectivity index (χ3n) is 2.51. The monoisotopic (exact) mass is 222 g/mol. The molecule has 1 atom stereocenters. The zero-order valence-corrected chi connectivity index (χ0v) is 9.09. The van der Waals surface area contributed by atoms with E-state index in [1.807, 2.05) is 0 Å². The second-order valence-electron chi connectivity index (χ2n) is 3.87. The Morgan fingerprint density at radius 2 is 2.50 bits per heavy atom. The number of nitrogens with two attached hydrogens (primary N) is 1. The number of amides is 1. The first-order valence-corrected chi connectivity index (χ1v) is 5.16. The lowest BCUT2D eigenvalue weighted by molar-refractivity contribution is 0.160. The maximum Gasteiger partial charge on any atom is 0.416 e. The molecule has 0 aromatic carbocycles. The van der Waals surface area contributed by atoms with Crippen molar-refractivity contribution in [2.75, 3.05) is 13.1 Å². The fourth-order valence-corrected chi connectivity index (χ4v) is 1.60. The Kier molecular flexibility index (Phi) is 3.00.